The third-order valence-corrected chi connectivity index (χ3v) is 4.40. The molecule has 2 heterocycles. The molecule has 1 aliphatic rings. The van der Waals surface area contributed by atoms with Crippen LogP contribution < -0.4 is 4.90 Å². The highest BCUT2D eigenvalue weighted by Crippen LogP contribution is 2.15. The van der Waals surface area contributed by atoms with E-state index >= 15 is 0 Å². The zero-order chi connectivity index (χ0) is 16.1. The number of rotatable bonds is 4. The molecule has 3 rings (SSSR count). The molecular weight excluding hydrogens is 310 g/mol. The lowest BCUT2D eigenvalue weighted by atomic mass is 10.1. The van der Waals surface area contributed by atoms with E-state index < -0.39 is 0 Å². The minimum absolute atomic E-state index is 0.223. The first-order valence-electron chi connectivity index (χ1n) is 7.90. The summed E-state index contributed by atoms with van der Waals surface area (Å²) in [6.45, 7) is 3.19. The zero-order valence-electron chi connectivity index (χ0n) is 13.0. The molecule has 0 saturated carbocycles. The lowest BCUT2D eigenvalue weighted by Gasteiger charge is -2.35. The molecule has 1 fully saturated rings. The Labute approximate surface area is 141 Å². The highest BCUT2D eigenvalue weighted by Gasteiger charge is 2.21. The van der Waals surface area contributed by atoms with E-state index in [1.807, 2.05) is 47.4 Å². The van der Waals surface area contributed by atoms with E-state index in [-0.39, 0.29) is 5.91 Å². The van der Waals surface area contributed by atoms with Gasteiger partial charge in [0.1, 0.15) is 5.82 Å². The van der Waals surface area contributed by atoms with Crippen molar-refractivity contribution < 1.29 is 4.79 Å². The minimum Gasteiger partial charge on any atom is -0.353 e. The Morgan fingerprint density at radius 2 is 1.78 bits per heavy atom. The molecule has 23 heavy (non-hydrogen) atoms. The van der Waals surface area contributed by atoms with Gasteiger partial charge < -0.3 is 9.80 Å². The number of amides is 1. The lowest BCUT2D eigenvalue weighted by molar-refractivity contribution is -0.131. The van der Waals surface area contributed by atoms with E-state index in [0.29, 0.717) is 6.42 Å². The third-order valence-electron chi connectivity index (χ3n) is 4.15. The normalized spacial score (nSPS) is 14.8. The Hall–Kier alpha value is -2.07. The minimum atomic E-state index is 0.223. The molecule has 0 aliphatic carbocycles. The second-order valence-corrected chi connectivity index (χ2v) is 6.12. The third kappa shape index (κ3) is 4.23. The standard InChI is InChI=1S/C18H20ClN3O/c19-16-7-4-15(5-8-16)6-9-18(23)22-13-11-21(12-14-22)17-3-1-2-10-20-17/h1-5,7-8,10H,6,9,11-14H2. The summed E-state index contributed by atoms with van der Waals surface area (Å²) >= 11 is 5.88. The molecule has 4 nitrogen and oxygen atoms in total. The zero-order valence-corrected chi connectivity index (χ0v) is 13.7. The van der Waals surface area contributed by atoms with Gasteiger partial charge in [-0.25, -0.2) is 4.98 Å². The first kappa shape index (κ1) is 15.8. The average Bonchev–Trinajstić information content (AvgIpc) is 2.62. The highest BCUT2D eigenvalue weighted by atomic mass is 35.5. The van der Waals surface area contributed by atoms with E-state index in [1.54, 1.807) is 6.20 Å². The van der Waals surface area contributed by atoms with Gasteiger partial charge in [0.25, 0.3) is 0 Å². The van der Waals surface area contributed by atoms with Crippen LogP contribution >= 0.6 is 11.6 Å². The van der Waals surface area contributed by atoms with Gasteiger partial charge in [0.2, 0.25) is 5.91 Å². The molecule has 1 saturated heterocycles. The molecule has 5 heteroatoms. The molecule has 120 valence electrons. The molecule has 1 aromatic carbocycles. The van der Waals surface area contributed by atoms with E-state index in [1.165, 1.54) is 0 Å². The van der Waals surface area contributed by atoms with Gasteiger partial charge in [0.15, 0.2) is 0 Å². The van der Waals surface area contributed by atoms with Crippen molar-refractivity contribution in [2.75, 3.05) is 31.1 Å². The number of hydrogen-bond donors (Lipinski definition) is 0. The summed E-state index contributed by atoms with van der Waals surface area (Å²) < 4.78 is 0. The summed E-state index contributed by atoms with van der Waals surface area (Å²) in [5.74, 6) is 1.21. The molecule has 0 atom stereocenters. The number of benzene rings is 1. The second kappa shape index (κ2) is 7.47. The van der Waals surface area contributed by atoms with Gasteiger partial charge in [-0.3, -0.25) is 4.79 Å². The molecule has 0 unspecified atom stereocenters. The highest BCUT2D eigenvalue weighted by molar-refractivity contribution is 6.30. The predicted molar refractivity (Wildman–Crippen MR) is 92.8 cm³/mol. The van der Waals surface area contributed by atoms with Crippen molar-refractivity contribution in [1.29, 1.82) is 0 Å². The van der Waals surface area contributed by atoms with E-state index in [4.69, 9.17) is 11.6 Å². The number of piperazine rings is 1. The van der Waals surface area contributed by atoms with Gasteiger partial charge in [0.05, 0.1) is 0 Å². The maximum atomic E-state index is 12.3. The predicted octanol–water partition coefficient (Wildman–Crippen LogP) is 3.02. The SMILES string of the molecule is O=C(CCc1ccc(Cl)cc1)N1CCN(c2ccccn2)CC1. The van der Waals surface area contributed by atoms with E-state index in [9.17, 15) is 4.79 Å². The second-order valence-electron chi connectivity index (χ2n) is 5.68. The topological polar surface area (TPSA) is 36.4 Å². The maximum absolute atomic E-state index is 12.3. The Balaban J connectivity index is 1.47. The molecule has 0 N–H and O–H groups in total. The van der Waals surface area contributed by atoms with Crippen LogP contribution in [0.5, 0.6) is 0 Å². The fourth-order valence-corrected chi connectivity index (χ4v) is 2.91. The largest absolute Gasteiger partial charge is 0.353 e. The van der Waals surface area contributed by atoms with Crippen molar-refractivity contribution in [3.8, 4) is 0 Å². The van der Waals surface area contributed by atoms with Crippen LogP contribution in [0.15, 0.2) is 48.7 Å². The molecular formula is C18H20ClN3O. The number of aryl methyl sites for hydroxylation is 1. The van der Waals surface area contributed by atoms with Crippen molar-refractivity contribution in [3.05, 3.63) is 59.2 Å². The number of nitrogens with zero attached hydrogens (tertiary/aromatic N) is 3. The van der Waals surface area contributed by atoms with Crippen LogP contribution in [0.2, 0.25) is 5.02 Å². The van der Waals surface area contributed by atoms with Crippen LogP contribution in [0.25, 0.3) is 0 Å². The average molecular weight is 330 g/mol. The molecule has 1 aliphatic heterocycles. The number of pyridine rings is 1. The van der Waals surface area contributed by atoms with Gasteiger partial charge in [-0.15, -0.1) is 0 Å². The summed E-state index contributed by atoms with van der Waals surface area (Å²) in [6, 6.07) is 13.6. The molecule has 0 bridgehead atoms. The van der Waals surface area contributed by atoms with Crippen molar-refractivity contribution in [3.63, 3.8) is 0 Å². The number of carbonyl (C=O) groups excluding carboxylic acids is 1. The Bertz CT molecular complexity index is 637. The fraction of sp³-hybridized carbons (Fsp3) is 0.333. The lowest BCUT2D eigenvalue weighted by Crippen LogP contribution is -2.49. The number of aromatic nitrogens is 1. The summed E-state index contributed by atoms with van der Waals surface area (Å²) in [4.78, 5) is 20.9. The van der Waals surface area contributed by atoms with Gasteiger partial charge in [-0.2, -0.15) is 0 Å². The summed E-state index contributed by atoms with van der Waals surface area (Å²) in [6.07, 6.45) is 3.11. The molecule has 2 aromatic rings. The van der Waals surface area contributed by atoms with Crippen LogP contribution in [0.1, 0.15) is 12.0 Å². The Morgan fingerprint density at radius 3 is 2.43 bits per heavy atom. The van der Waals surface area contributed by atoms with E-state index in [2.05, 4.69) is 9.88 Å². The van der Waals surface area contributed by atoms with Gasteiger partial charge >= 0.3 is 0 Å². The quantitative estimate of drug-likeness (QED) is 0.865. The van der Waals surface area contributed by atoms with Gasteiger partial charge in [-0.05, 0) is 36.2 Å². The first-order valence-corrected chi connectivity index (χ1v) is 8.28. The molecule has 1 amide bonds. The smallest absolute Gasteiger partial charge is 0.223 e. The van der Waals surface area contributed by atoms with Gasteiger partial charge in [-0.1, -0.05) is 29.8 Å². The van der Waals surface area contributed by atoms with Crippen LogP contribution in [0, 0.1) is 0 Å². The number of anilines is 1. The van der Waals surface area contributed by atoms with Crippen molar-refractivity contribution in [2.45, 2.75) is 12.8 Å². The first-order chi connectivity index (χ1) is 11.2. The fourth-order valence-electron chi connectivity index (χ4n) is 2.79. The van der Waals surface area contributed by atoms with Crippen LogP contribution in [-0.2, 0) is 11.2 Å². The van der Waals surface area contributed by atoms with Crippen LogP contribution in [0.4, 0.5) is 5.82 Å². The molecule has 0 radical (unpaired) electrons. The number of halogens is 1. The van der Waals surface area contributed by atoms with E-state index in [0.717, 1.165) is 49.0 Å². The van der Waals surface area contributed by atoms with Crippen molar-refractivity contribution in [2.24, 2.45) is 0 Å². The van der Waals surface area contributed by atoms with Crippen molar-refractivity contribution >= 4 is 23.3 Å². The Kier molecular flexibility index (Phi) is 5.13. The van der Waals surface area contributed by atoms with Crippen LogP contribution in [0.3, 0.4) is 0 Å². The van der Waals surface area contributed by atoms with Crippen LogP contribution in [-0.4, -0.2) is 42.0 Å². The number of carbonyl (C=O) groups is 1. The van der Waals surface area contributed by atoms with Crippen molar-refractivity contribution in [1.82, 2.24) is 9.88 Å². The molecule has 0 spiro atoms. The number of hydrogen-bond acceptors (Lipinski definition) is 3. The Morgan fingerprint density at radius 1 is 1.04 bits per heavy atom. The summed E-state index contributed by atoms with van der Waals surface area (Å²) in [5.41, 5.74) is 1.15. The maximum Gasteiger partial charge on any atom is 0.223 e. The van der Waals surface area contributed by atoms with Gasteiger partial charge in [0, 0.05) is 43.8 Å². The molecule has 1 aromatic heterocycles. The monoisotopic (exact) mass is 329 g/mol. The summed E-state index contributed by atoms with van der Waals surface area (Å²) in [5, 5.41) is 0.728. The summed E-state index contributed by atoms with van der Waals surface area (Å²) in [7, 11) is 0.